The maximum atomic E-state index is 11.8. The van der Waals surface area contributed by atoms with Gasteiger partial charge in [-0.1, -0.05) is 25.3 Å². The molecule has 0 saturated carbocycles. The third-order valence-electron chi connectivity index (χ3n) is 2.31. The van der Waals surface area contributed by atoms with E-state index in [2.05, 4.69) is 16.2 Å². The Morgan fingerprint density at radius 2 is 2.44 bits per heavy atom. The van der Waals surface area contributed by atoms with Gasteiger partial charge in [0.1, 0.15) is 5.69 Å². The Balaban J connectivity index is 2.73. The van der Waals surface area contributed by atoms with Crippen LogP contribution in [0.2, 0.25) is 0 Å². The molecule has 0 aliphatic heterocycles. The van der Waals surface area contributed by atoms with Crippen molar-refractivity contribution < 1.29 is 4.79 Å². The van der Waals surface area contributed by atoms with Gasteiger partial charge >= 0.3 is 0 Å². The van der Waals surface area contributed by atoms with Gasteiger partial charge in [0.05, 0.1) is 6.04 Å². The fourth-order valence-electron chi connectivity index (χ4n) is 1.44. The van der Waals surface area contributed by atoms with Gasteiger partial charge in [0, 0.05) is 6.20 Å². The third-order valence-corrected chi connectivity index (χ3v) is 2.31. The van der Waals surface area contributed by atoms with Crippen molar-refractivity contribution >= 4 is 5.91 Å². The highest BCUT2D eigenvalue weighted by Gasteiger charge is 2.13. The second kappa shape index (κ2) is 5.92. The van der Waals surface area contributed by atoms with Crippen LogP contribution in [-0.2, 0) is 0 Å². The average molecular weight is 216 g/mol. The largest absolute Gasteiger partial charge is 0.337 e. The van der Waals surface area contributed by atoms with Crippen molar-refractivity contribution in [1.29, 1.82) is 0 Å². The molecule has 0 saturated heterocycles. The molecule has 0 radical (unpaired) electrons. The summed E-state index contributed by atoms with van der Waals surface area (Å²) in [4.78, 5) is 15.9. The Morgan fingerprint density at radius 3 is 3.00 bits per heavy atom. The van der Waals surface area contributed by atoms with Crippen LogP contribution in [0, 0.1) is 19.3 Å². The van der Waals surface area contributed by atoms with Crippen LogP contribution in [0.3, 0.4) is 0 Å². The molecule has 0 aliphatic rings. The van der Waals surface area contributed by atoms with Gasteiger partial charge in [-0.05, 0) is 25.0 Å². The van der Waals surface area contributed by atoms with E-state index < -0.39 is 0 Å². The predicted octanol–water partition coefficient (Wildman–Crippen LogP) is 1.92. The molecule has 3 nitrogen and oxygen atoms in total. The molecule has 0 spiro atoms. The summed E-state index contributed by atoms with van der Waals surface area (Å²) in [6.07, 6.45) is 8.67. The van der Waals surface area contributed by atoms with Gasteiger partial charge in [0.15, 0.2) is 0 Å². The maximum Gasteiger partial charge on any atom is 0.271 e. The zero-order valence-corrected chi connectivity index (χ0v) is 9.66. The third kappa shape index (κ3) is 3.09. The molecule has 1 aromatic rings. The monoisotopic (exact) mass is 216 g/mol. The molecule has 1 amide bonds. The van der Waals surface area contributed by atoms with Crippen LogP contribution in [-0.4, -0.2) is 16.9 Å². The molecule has 3 heteroatoms. The maximum absolute atomic E-state index is 11.8. The van der Waals surface area contributed by atoms with Crippen LogP contribution < -0.4 is 5.32 Å². The summed E-state index contributed by atoms with van der Waals surface area (Å²) >= 11 is 0. The molecular weight excluding hydrogens is 200 g/mol. The lowest BCUT2D eigenvalue weighted by atomic mass is 10.1. The van der Waals surface area contributed by atoms with Crippen LogP contribution in [0.15, 0.2) is 18.3 Å². The molecule has 0 bridgehead atoms. The van der Waals surface area contributed by atoms with Crippen LogP contribution in [0.5, 0.6) is 0 Å². The number of aromatic nitrogens is 1. The molecule has 16 heavy (non-hydrogen) atoms. The molecule has 0 aliphatic carbocycles. The van der Waals surface area contributed by atoms with E-state index in [1.807, 2.05) is 19.9 Å². The smallest absolute Gasteiger partial charge is 0.271 e. The number of rotatable bonds is 4. The minimum atomic E-state index is -0.209. The van der Waals surface area contributed by atoms with Crippen molar-refractivity contribution in [2.45, 2.75) is 32.7 Å². The van der Waals surface area contributed by atoms with E-state index in [0.29, 0.717) is 5.69 Å². The Morgan fingerprint density at radius 1 is 1.69 bits per heavy atom. The van der Waals surface area contributed by atoms with Gasteiger partial charge in [0.2, 0.25) is 0 Å². The summed E-state index contributed by atoms with van der Waals surface area (Å²) in [7, 11) is 0. The van der Waals surface area contributed by atoms with E-state index in [0.717, 1.165) is 18.4 Å². The molecule has 84 valence electrons. The number of nitrogens with zero attached hydrogens (tertiary/aromatic N) is 1. The molecule has 1 heterocycles. The molecule has 1 unspecified atom stereocenters. The number of hydrogen-bond donors (Lipinski definition) is 1. The van der Waals surface area contributed by atoms with Crippen molar-refractivity contribution in [1.82, 2.24) is 10.3 Å². The van der Waals surface area contributed by atoms with Crippen molar-refractivity contribution in [3.8, 4) is 12.3 Å². The Hall–Kier alpha value is -1.82. The zero-order chi connectivity index (χ0) is 12.0. The van der Waals surface area contributed by atoms with Gasteiger partial charge in [-0.3, -0.25) is 9.78 Å². The summed E-state index contributed by atoms with van der Waals surface area (Å²) in [6, 6.07) is 3.45. The number of carbonyl (C=O) groups excluding carboxylic acids is 1. The Kier molecular flexibility index (Phi) is 4.53. The summed E-state index contributed by atoms with van der Waals surface area (Å²) < 4.78 is 0. The van der Waals surface area contributed by atoms with Crippen molar-refractivity contribution in [2.75, 3.05) is 0 Å². The highest BCUT2D eigenvalue weighted by molar-refractivity contribution is 5.93. The van der Waals surface area contributed by atoms with E-state index in [1.165, 1.54) is 0 Å². The van der Waals surface area contributed by atoms with Crippen LogP contribution >= 0.6 is 0 Å². The lowest BCUT2D eigenvalue weighted by Gasteiger charge is -2.12. The zero-order valence-electron chi connectivity index (χ0n) is 9.66. The van der Waals surface area contributed by atoms with E-state index >= 15 is 0 Å². The number of aryl methyl sites for hydroxylation is 1. The SMILES string of the molecule is C#CC(CCC)NC(=O)c1ncccc1C. The lowest BCUT2D eigenvalue weighted by molar-refractivity contribution is 0.0938. The predicted molar refractivity (Wildman–Crippen MR) is 64.0 cm³/mol. The standard InChI is InChI=1S/C13H16N2O/c1-4-7-11(5-2)15-13(16)12-10(3)8-6-9-14-12/h2,6,8-9,11H,4,7H2,1,3H3,(H,15,16). The number of carbonyl (C=O) groups is 1. The molecular formula is C13H16N2O. The highest BCUT2D eigenvalue weighted by Crippen LogP contribution is 2.04. The van der Waals surface area contributed by atoms with Crippen LogP contribution in [0.25, 0.3) is 0 Å². The number of pyridine rings is 1. The topological polar surface area (TPSA) is 42.0 Å². The average Bonchev–Trinajstić information content (AvgIpc) is 2.28. The minimum Gasteiger partial charge on any atom is -0.337 e. The first-order chi connectivity index (χ1) is 7.69. The van der Waals surface area contributed by atoms with Crippen molar-refractivity contribution in [3.05, 3.63) is 29.6 Å². The highest BCUT2D eigenvalue weighted by atomic mass is 16.1. The molecule has 0 fully saturated rings. The normalized spacial score (nSPS) is 11.6. The fraction of sp³-hybridized carbons (Fsp3) is 0.385. The second-order valence-electron chi connectivity index (χ2n) is 3.65. The molecule has 0 aromatic carbocycles. The van der Waals surface area contributed by atoms with E-state index in [1.54, 1.807) is 12.3 Å². The van der Waals surface area contributed by atoms with Crippen LogP contribution in [0.4, 0.5) is 0 Å². The minimum absolute atomic E-state index is 0.200. The summed E-state index contributed by atoms with van der Waals surface area (Å²) in [5.41, 5.74) is 1.30. The molecule has 1 N–H and O–H groups in total. The first kappa shape index (κ1) is 12.3. The number of amides is 1. The van der Waals surface area contributed by atoms with Crippen molar-refractivity contribution in [3.63, 3.8) is 0 Å². The lowest BCUT2D eigenvalue weighted by Crippen LogP contribution is -2.34. The van der Waals surface area contributed by atoms with Gasteiger partial charge < -0.3 is 5.32 Å². The molecule has 1 aromatic heterocycles. The molecule has 1 atom stereocenters. The van der Waals surface area contributed by atoms with Gasteiger partial charge in [-0.2, -0.15) is 0 Å². The first-order valence-corrected chi connectivity index (χ1v) is 5.37. The number of hydrogen-bond acceptors (Lipinski definition) is 2. The van der Waals surface area contributed by atoms with Crippen LogP contribution in [0.1, 0.15) is 35.8 Å². The fourth-order valence-corrected chi connectivity index (χ4v) is 1.44. The quantitative estimate of drug-likeness (QED) is 0.781. The van der Waals surface area contributed by atoms with Gasteiger partial charge in [-0.15, -0.1) is 6.42 Å². The molecule has 1 rings (SSSR count). The summed E-state index contributed by atoms with van der Waals surface area (Å²) in [5, 5.41) is 2.79. The number of nitrogens with one attached hydrogen (secondary N) is 1. The van der Waals surface area contributed by atoms with E-state index in [-0.39, 0.29) is 11.9 Å². The first-order valence-electron chi connectivity index (χ1n) is 5.37. The Bertz CT molecular complexity index is 407. The Labute approximate surface area is 96.3 Å². The second-order valence-corrected chi connectivity index (χ2v) is 3.65. The number of terminal acetylenes is 1. The van der Waals surface area contributed by atoms with E-state index in [9.17, 15) is 4.79 Å². The van der Waals surface area contributed by atoms with Gasteiger partial charge in [-0.25, -0.2) is 0 Å². The van der Waals surface area contributed by atoms with Gasteiger partial charge in [0.25, 0.3) is 5.91 Å². The van der Waals surface area contributed by atoms with Crippen molar-refractivity contribution in [2.24, 2.45) is 0 Å². The summed E-state index contributed by atoms with van der Waals surface area (Å²) in [5.74, 6) is 2.36. The summed E-state index contributed by atoms with van der Waals surface area (Å²) in [6.45, 7) is 3.88. The van der Waals surface area contributed by atoms with E-state index in [4.69, 9.17) is 6.42 Å².